The van der Waals surface area contributed by atoms with Crippen molar-refractivity contribution in [3.8, 4) is 5.75 Å². The molecule has 0 atom stereocenters. The SMILES string of the molecule is Cc1cccc(OCCN(C)C(=O)c2ccc(C(=O)O)c(C)n2)c1. The lowest BCUT2D eigenvalue weighted by molar-refractivity contribution is 0.0692. The second-order valence-electron chi connectivity index (χ2n) is 5.53. The fourth-order valence-electron chi connectivity index (χ4n) is 2.21. The van der Waals surface area contributed by atoms with Crippen molar-refractivity contribution in [3.05, 3.63) is 58.9 Å². The molecular weight excluding hydrogens is 308 g/mol. The summed E-state index contributed by atoms with van der Waals surface area (Å²) in [5.74, 6) is -0.572. The standard InChI is InChI=1S/C18H20N2O4/c1-12-5-4-6-14(11-12)24-10-9-20(3)17(21)16-8-7-15(18(22)23)13(2)19-16/h4-8,11H,9-10H2,1-3H3,(H,22,23). The van der Waals surface area contributed by atoms with Crippen LogP contribution in [0.2, 0.25) is 0 Å². The molecule has 0 aliphatic carbocycles. The second-order valence-corrected chi connectivity index (χ2v) is 5.53. The number of amides is 1. The summed E-state index contributed by atoms with van der Waals surface area (Å²) in [5.41, 5.74) is 1.74. The lowest BCUT2D eigenvalue weighted by Gasteiger charge is -2.17. The minimum absolute atomic E-state index is 0.0944. The smallest absolute Gasteiger partial charge is 0.337 e. The number of benzene rings is 1. The fraction of sp³-hybridized carbons (Fsp3) is 0.278. The lowest BCUT2D eigenvalue weighted by atomic mass is 10.2. The van der Waals surface area contributed by atoms with E-state index < -0.39 is 5.97 Å². The number of carbonyl (C=O) groups excluding carboxylic acids is 1. The number of rotatable bonds is 6. The zero-order valence-electron chi connectivity index (χ0n) is 13.9. The van der Waals surface area contributed by atoms with Crippen LogP contribution in [0.3, 0.4) is 0 Å². The number of carboxylic acid groups (broad SMARTS) is 1. The second kappa shape index (κ2) is 7.59. The van der Waals surface area contributed by atoms with Crippen molar-refractivity contribution in [2.24, 2.45) is 0 Å². The van der Waals surface area contributed by atoms with Gasteiger partial charge in [0.05, 0.1) is 17.8 Å². The van der Waals surface area contributed by atoms with Crippen molar-refractivity contribution in [1.29, 1.82) is 0 Å². The summed E-state index contributed by atoms with van der Waals surface area (Å²) >= 11 is 0. The fourth-order valence-corrected chi connectivity index (χ4v) is 2.21. The number of hydrogen-bond acceptors (Lipinski definition) is 4. The highest BCUT2D eigenvalue weighted by Crippen LogP contribution is 2.12. The highest BCUT2D eigenvalue weighted by molar-refractivity contribution is 5.94. The number of likely N-dealkylation sites (N-methyl/N-ethyl adjacent to an activating group) is 1. The van der Waals surface area contributed by atoms with Gasteiger partial charge in [-0.15, -0.1) is 0 Å². The van der Waals surface area contributed by atoms with E-state index in [-0.39, 0.29) is 17.2 Å². The molecule has 2 rings (SSSR count). The predicted molar refractivity (Wildman–Crippen MR) is 89.6 cm³/mol. The van der Waals surface area contributed by atoms with Crippen molar-refractivity contribution in [1.82, 2.24) is 9.88 Å². The molecule has 0 saturated heterocycles. The number of aryl methyl sites for hydroxylation is 2. The molecule has 0 radical (unpaired) electrons. The highest BCUT2D eigenvalue weighted by Gasteiger charge is 2.16. The molecule has 24 heavy (non-hydrogen) atoms. The van der Waals surface area contributed by atoms with E-state index >= 15 is 0 Å². The minimum atomic E-state index is -1.06. The van der Waals surface area contributed by atoms with E-state index in [4.69, 9.17) is 9.84 Å². The topological polar surface area (TPSA) is 79.7 Å². The number of carbonyl (C=O) groups is 2. The zero-order chi connectivity index (χ0) is 17.7. The number of ether oxygens (including phenoxy) is 1. The maximum absolute atomic E-state index is 12.3. The summed E-state index contributed by atoms with van der Waals surface area (Å²) < 4.78 is 5.63. The van der Waals surface area contributed by atoms with Crippen molar-refractivity contribution in [2.75, 3.05) is 20.2 Å². The van der Waals surface area contributed by atoms with Crippen LogP contribution in [0, 0.1) is 13.8 Å². The van der Waals surface area contributed by atoms with Crippen LogP contribution in [-0.2, 0) is 0 Å². The number of aromatic carboxylic acids is 1. The Morgan fingerprint density at radius 3 is 2.58 bits per heavy atom. The van der Waals surface area contributed by atoms with Crippen molar-refractivity contribution < 1.29 is 19.4 Å². The van der Waals surface area contributed by atoms with Crippen LogP contribution < -0.4 is 4.74 Å². The van der Waals surface area contributed by atoms with Gasteiger partial charge < -0.3 is 14.7 Å². The Morgan fingerprint density at radius 2 is 1.96 bits per heavy atom. The molecule has 0 aliphatic rings. The van der Waals surface area contributed by atoms with E-state index in [0.717, 1.165) is 11.3 Å². The highest BCUT2D eigenvalue weighted by atomic mass is 16.5. The average Bonchev–Trinajstić information content (AvgIpc) is 2.53. The van der Waals surface area contributed by atoms with Gasteiger partial charge in [-0.05, 0) is 43.7 Å². The maximum atomic E-state index is 12.3. The summed E-state index contributed by atoms with van der Waals surface area (Å²) in [6.45, 7) is 4.31. The quantitative estimate of drug-likeness (QED) is 0.881. The normalized spacial score (nSPS) is 10.3. The Balaban J connectivity index is 1.94. The monoisotopic (exact) mass is 328 g/mol. The first-order valence-electron chi connectivity index (χ1n) is 7.54. The molecule has 1 aromatic heterocycles. The van der Waals surface area contributed by atoms with Gasteiger partial charge in [-0.1, -0.05) is 12.1 Å². The van der Waals surface area contributed by atoms with Crippen LogP contribution in [-0.4, -0.2) is 47.1 Å². The number of pyridine rings is 1. The molecule has 1 amide bonds. The van der Waals surface area contributed by atoms with Crippen LogP contribution >= 0.6 is 0 Å². The van der Waals surface area contributed by atoms with Gasteiger partial charge in [0.2, 0.25) is 0 Å². The van der Waals surface area contributed by atoms with Crippen LogP contribution in [0.5, 0.6) is 5.75 Å². The first kappa shape index (κ1) is 17.5. The van der Waals surface area contributed by atoms with Gasteiger partial charge in [-0.2, -0.15) is 0 Å². The molecule has 0 fully saturated rings. The summed E-state index contributed by atoms with van der Waals surface area (Å²) in [5, 5.41) is 9.00. The van der Waals surface area contributed by atoms with Gasteiger partial charge >= 0.3 is 5.97 Å². The molecule has 0 aliphatic heterocycles. The molecule has 126 valence electrons. The summed E-state index contributed by atoms with van der Waals surface area (Å²) in [4.78, 5) is 28.9. The Bertz CT molecular complexity index is 758. The molecule has 1 aromatic carbocycles. The molecular formula is C18H20N2O4. The summed E-state index contributed by atoms with van der Waals surface area (Å²) in [7, 11) is 1.66. The third-order valence-corrected chi connectivity index (χ3v) is 3.57. The van der Waals surface area contributed by atoms with Gasteiger partial charge in [0.1, 0.15) is 18.1 Å². The molecule has 2 aromatic rings. The van der Waals surface area contributed by atoms with Crippen molar-refractivity contribution in [3.63, 3.8) is 0 Å². The molecule has 6 heteroatoms. The van der Waals surface area contributed by atoms with Crippen molar-refractivity contribution in [2.45, 2.75) is 13.8 Å². The predicted octanol–water partition coefficient (Wildman–Crippen LogP) is 2.55. The van der Waals surface area contributed by atoms with E-state index in [1.54, 1.807) is 14.0 Å². The van der Waals surface area contributed by atoms with Crippen LogP contribution in [0.4, 0.5) is 0 Å². The largest absolute Gasteiger partial charge is 0.492 e. The third kappa shape index (κ3) is 4.32. The molecule has 1 heterocycles. The average molecular weight is 328 g/mol. The van der Waals surface area contributed by atoms with Gasteiger partial charge in [0.25, 0.3) is 5.91 Å². The van der Waals surface area contributed by atoms with E-state index in [1.165, 1.54) is 17.0 Å². The van der Waals surface area contributed by atoms with E-state index in [2.05, 4.69) is 4.98 Å². The third-order valence-electron chi connectivity index (χ3n) is 3.57. The van der Waals surface area contributed by atoms with Gasteiger partial charge in [-0.3, -0.25) is 4.79 Å². The van der Waals surface area contributed by atoms with Gasteiger partial charge in [0.15, 0.2) is 0 Å². The molecule has 6 nitrogen and oxygen atoms in total. The first-order valence-corrected chi connectivity index (χ1v) is 7.54. The lowest BCUT2D eigenvalue weighted by Crippen LogP contribution is -2.31. The Hall–Kier alpha value is -2.89. The van der Waals surface area contributed by atoms with E-state index in [0.29, 0.717) is 18.8 Å². The van der Waals surface area contributed by atoms with Crippen LogP contribution in [0.15, 0.2) is 36.4 Å². The van der Waals surface area contributed by atoms with Crippen LogP contribution in [0.25, 0.3) is 0 Å². The zero-order valence-corrected chi connectivity index (χ0v) is 13.9. The van der Waals surface area contributed by atoms with Gasteiger partial charge in [0, 0.05) is 7.05 Å². The van der Waals surface area contributed by atoms with Gasteiger partial charge in [-0.25, -0.2) is 9.78 Å². The maximum Gasteiger partial charge on any atom is 0.337 e. The summed E-state index contributed by atoms with van der Waals surface area (Å²) in [6.07, 6.45) is 0. The summed E-state index contributed by atoms with van der Waals surface area (Å²) in [6, 6.07) is 10.5. The molecule has 0 spiro atoms. The molecule has 0 saturated carbocycles. The Morgan fingerprint density at radius 1 is 1.21 bits per heavy atom. The number of carboxylic acids is 1. The van der Waals surface area contributed by atoms with Crippen LogP contribution in [0.1, 0.15) is 32.1 Å². The first-order chi connectivity index (χ1) is 11.4. The molecule has 0 bridgehead atoms. The van der Waals surface area contributed by atoms with E-state index in [1.807, 2.05) is 31.2 Å². The number of aromatic nitrogens is 1. The number of nitrogens with zero attached hydrogens (tertiary/aromatic N) is 2. The van der Waals surface area contributed by atoms with Crippen molar-refractivity contribution >= 4 is 11.9 Å². The Kier molecular flexibility index (Phi) is 5.52. The molecule has 1 N–H and O–H groups in total. The number of hydrogen-bond donors (Lipinski definition) is 1. The molecule has 0 unspecified atom stereocenters. The van der Waals surface area contributed by atoms with E-state index in [9.17, 15) is 9.59 Å². The minimum Gasteiger partial charge on any atom is -0.492 e. The Labute approximate surface area is 140 Å².